The van der Waals surface area contributed by atoms with Gasteiger partial charge in [0.15, 0.2) is 0 Å². The first-order valence-corrected chi connectivity index (χ1v) is 10.4. The summed E-state index contributed by atoms with van der Waals surface area (Å²) < 4.78 is 5.32. The standard InChI is InChI=1S/C24H25N3O4/c1-17(28)25-15-21-16-27(24(30)31-21)20-9-5-18(6-10-20)19-7-11-22(23(29)12-8-19)26-13-3-2-4-14-26/h2-3,5-12,21H,4,13-16H2,1H3,(H,25,28). The normalized spacial score (nSPS) is 18.1. The summed E-state index contributed by atoms with van der Waals surface area (Å²) in [6, 6.07) is 14.8. The number of nitrogens with one attached hydrogen (secondary N) is 1. The van der Waals surface area contributed by atoms with Gasteiger partial charge in [-0.05, 0) is 41.8 Å². The lowest BCUT2D eigenvalue weighted by Gasteiger charge is -2.24. The van der Waals surface area contributed by atoms with Crippen LogP contribution < -0.4 is 20.5 Å². The Hall–Kier alpha value is -3.61. The van der Waals surface area contributed by atoms with Crippen molar-refractivity contribution in [2.75, 3.05) is 36.0 Å². The third-order valence-electron chi connectivity index (χ3n) is 5.45. The molecule has 0 bridgehead atoms. The molecular formula is C24H25N3O4. The van der Waals surface area contributed by atoms with Crippen LogP contribution in [0.15, 0.2) is 65.5 Å². The number of benzene rings is 1. The summed E-state index contributed by atoms with van der Waals surface area (Å²) in [6.07, 6.45) is 4.36. The molecule has 2 aliphatic rings. The number of ether oxygens (including phenoxy) is 1. The van der Waals surface area contributed by atoms with E-state index in [-0.39, 0.29) is 17.4 Å². The third kappa shape index (κ3) is 4.77. The van der Waals surface area contributed by atoms with Crippen LogP contribution >= 0.6 is 0 Å². The van der Waals surface area contributed by atoms with Crippen molar-refractivity contribution in [3.05, 3.63) is 70.9 Å². The highest BCUT2D eigenvalue weighted by Gasteiger charge is 2.32. The van der Waals surface area contributed by atoms with Gasteiger partial charge < -0.3 is 15.0 Å². The van der Waals surface area contributed by atoms with Crippen molar-refractivity contribution >= 4 is 23.4 Å². The Morgan fingerprint density at radius 2 is 1.74 bits per heavy atom. The Bertz CT molecular complexity index is 1060. The number of nitrogens with zero attached hydrogens (tertiary/aromatic N) is 2. The van der Waals surface area contributed by atoms with Crippen molar-refractivity contribution in [3.8, 4) is 11.1 Å². The number of rotatable bonds is 5. The second-order valence-electron chi connectivity index (χ2n) is 7.68. The minimum atomic E-state index is -0.426. The third-order valence-corrected chi connectivity index (χ3v) is 5.45. The van der Waals surface area contributed by atoms with E-state index in [1.807, 2.05) is 42.5 Å². The summed E-state index contributed by atoms with van der Waals surface area (Å²) in [4.78, 5) is 39.5. The highest BCUT2D eigenvalue weighted by atomic mass is 16.6. The van der Waals surface area contributed by atoms with Gasteiger partial charge in [-0.15, -0.1) is 0 Å². The van der Waals surface area contributed by atoms with Crippen molar-refractivity contribution in [1.29, 1.82) is 0 Å². The van der Waals surface area contributed by atoms with E-state index in [0.29, 0.717) is 18.8 Å². The van der Waals surface area contributed by atoms with Crippen molar-refractivity contribution in [3.63, 3.8) is 0 Å². The molecule has 2 aromatic rings. The summed E-state index contributed by atoms with van der Waals surface area (Å²) in [6.45, 7) is 3.70. The summed E-state index contributed by atoms with van der Waals surface area (Å²) in [7, 11) is 0. The van der Waals surface area contributed by atoms with Crippen LogP contribution in [-0.2, 0) is 9.53 Å². The Morgan fingerprint density at radius 1 is 1.03 bits per heavy atom. The maximum atomic E-state index is 12.5. The molecule has 0 radical (unpaired) electrons. The Kier molecular flexibility index (Phi) is 6.02. The van der Waals surface area contributed by atoms with Gasteiger partial charge in [0.2, 0.25) is 11.3 Å². The van der Waals surface area contributed by atoms with Crippen LogP contribution in [0.5, 0.6) is 0 Å². The van der Waals surface area contributed by atoms with Gasteiger partial charge in [-0.1, -0.05) is 36.4 Å². The lowest BCUT2D eigenvalue weighted by molar-refractivity contribution is -0.119. The summed E-state index contributed by atoms with van der Waals surface area (Å²) in [5.74, 6) is -0.156. The molecule has 1 fully saturated rings. The fourth-order valence-corrected chi connectivity index (χ4v) is 3.80. The van der Waals surface area contributed by atoms with E-state index in [1.165, 1.54) is 6.92 Å². The first-order valence-electron chi connectivity index (χ1n) is 10.4. The zero-order valence-electron chi connectivity index (χ0n) is 17.4. The summed E-state index contributed by atoms with van der Waals surface area (Å²) in [5, 5.41) is 2.67. The van der Waals surface area contributed by atoms with Gasteiger partial charge in [-0.2, -0.15) is 0 Å². The fraction of sp³-hybridized carbons (Fsp3) is 0.292. The van der Waals surface area contributed by atoms with E-state index in [2.05, 4.69) is 22.4 Å². The summed E-state index contributed by atoms with van der Waals surface area (Å²) >= 11 is 0. The number of anilines is 2. The minimum Gasteiger partial charge on any atom is -0.442 e. The van der Waals surface area contributed by atoms with Crippen LogP contribution in [-0.4, -0.2) is 44.3 Å². The Labute approximate surface area is 180 Å². The SMILES string of the molecule is CC(=O)NCC1CN(c2ccc(-c3ccc(N4CC=CCC4)c(=O)cc3)cc2)C(=O)O1. The molecule has 1 saturated heterocycles. The molecule has 1 unspecified atom stereocenters. The molecule has 0 spiro atoms. The van der Waals surface area contributed by atoms with E-state index in [1.54, 1.807) is 11.0 Å². The first kappa shape index (κ1) is 20.7. The van der Waals surface area contributed by atoms with Crippen molar-refractivity contribution < 1.29 is 14.3 Å². The molecule has 7 heteroatoms. The number of amides is 2. The highest BCUT2D eigenvalue weighted by molar-refractivity contribution is 5.90. The van der Waals surface area contributed by atoms with Crippen LogP contribution in [0, 0.1) is 0 Å². The minimum absolute atomic E-state index is 0.00296. The van der Waals surface area contributed by atoms with Crippen molar-refractivity contribution in [1.82, 2.24) is 5.32 Å². The molecular weight excluding hydrogens is 394 g/mol. The van der Waals surface area contributed by atoms with Gasteiger partial charge in [0.25, 0.3) is 0 Å². The molecule has 7 nitrogen and oxygen atoms in total. The zero-order valence-corrected chi connectivity index (χ0v) is 17.4. The lowest BCUT2D eigenvalue weighted by Crippen LogP contribution is -2.33. The molecule has 4 rings (SSSR count). The van der Waals surface area contributed by atoms with Gasteiger partial charge in [-0.3, -0.25) is 14.5 Å². The zero-order chi connectivity index (χ0) is 21.8. The monoisotopic (exact) mass is 419 g/mol. The predicted molar refractivity (Wildman–Crippen MR) is 120 cm³/mol. The fourth-order valence-electron chi connectivity index (χ4n) is 3.80. The van der Waals surface area contributed by atoms with Crippen LogP contribution in [0.3, 0.4) is 0 Å². The van der Waals surface area contributed by atoms with E-state index in [4.69, 9.17) is 4.74 Å². The first-order chi connectivity index (χ1) is 15.0. The second kappa shape index (κ2) is 9.04. The molecule has 0 saturated carbocycles. The predicted octanol–water partition coefficient (Wildman–Crippen LogP) is 2.94. The number of carbonyl (C=O) groups excluding carboxylic acids is 2. The topological polar surface area (TPSA) is 79.0 Å². The van der Waals surface area contributed by atoms with E-state index < -0.39 is 6.09 Å². The second-order valence-corrected chi connectivity index (χ2v) is 7.68. The van der Waals surface area contributed by atoms with E-state index in [9.17, 15) is 14.4 Å². The molecule has 2 aliphatic heterocycles. The van der Waals surface area contributed by atoms with Crippen molar-refractivity contribution in [2.24, 2.45) is 0 Å². The van der Waals surface area contributed by atoms with Gasteiger partial charge in [0.05, 0.1) is 18.8 Å². The number of carbonyl (C=O) groups is 2. The number of hydrogen-bond donors (Lipinski definition) is 1. The quantitative estimate of drug-likeness (QED) is 0.754. The van der Waals surface area contributed by atoms with Crippen LogP contribution in [0.4, 0.5) is 16.2 Å². The Balaban J connectivity index is 1.50. The molecule has 0 aromatic heterocycles. The van der Waals surface area contributed by atoms with Crippen LogP contribution in [0.1, 0.15) is 13.3 Å². The van der Waals surface area contributed by atoms with E-state index >= 15 is 0 Å². The van der Waals surface area contributed by atoms with Gasteiger partial charge >= 0.3 is 6.09 Å². The van der Waals surface area contributed by atoms with Gasteiger partial charge in [0, 0.05) is 25.7 Å². The maximum absolute atomic E-state index is 12.5. The van der Waals surface area contributed by atoms with E-state index in [0.717, 1.165) is 36.3 Å². The maximum Gasteiger partial charge on any atom is 0.414 e. The van der Waals surface area contributed by atoms with Crippen LogP contribution in [0.25, 0.3) is 11.1 Å². The molecule has 1 atom stereocenters. The number of cyclic esters (lactones) is 1. The molecule has 160 valence electrons. The molecule has 2 amide bonds. The average Bonchev–Trinajstić information content (AvgIpc) is 3.04. The Morgan fingerprint density at radius 3 is 2.42 bits per heavy atom. The number of hydrogen-bond acceptors (Lipinski definition) is 5. The molecule has 1 N–H and O–H groups in total. The smallest absolute Gasteiger partial charge is 0.414 e. The molecule has 0 aliphatic carbocycles. The summed E-state index contributed by atoms with van der Waals surface area (Å²) in [5.41, 5.74) is 3.31. The highest BCUT2D eigenvalue weighted by Crippen LogP contribution is 2.26. The van der Waals surface area contributed by atoms with Crippen LogP contribution in [0.2, 0.25) is 0 Å². The van der Waals surface area contributed by atoms with Gasteiger partial charge in [0.1, 0.15) is 6.10 Å². The van der Waals surface area contributed by atoms with Crippen molar-refractivity contribution in [2.45, 2.75) is 19.4 Å². The van der Waals surface area contributed by atoms with Gasteiger partial charge in [-0.25, -0.2) is 4.79 Å². The largest absolute Gasteiger partial charge is 0.442 e. The molecule has 31 heavy (non-hydrogen) atoms. The molecule has 2 heterocycles. The average molecular weight is 419 g/mol. The lowest BCUT2D eigenvalue weighted by atomic mass is 10.1. The molecule has 2 aromatic carbocycles.